The molecule has 0 aromatic carbocycles. The van der Waals surface area contributed by atoms with Gasteiger partial charge in [-0.3, -0.25) is 19.1 Å². The van der Waals surface area contributed by atoms with Gasteiger partial charge in [-0.2, -0.15) is 0 Å². The zero-order valence-electron chi connectivity index (χ0n) is 14.8. The Balaban J connectivity index is 3.27. The number of aromatic nitrogens is 2. The van der Waals surface area contributed by atoms with Crippen molar-refractivity contribution in [1.82, 2.24) is 9.55 Å². The first-order valence-electron chi connectivity index (χ1n) is 8.22. The SMILES string of the molecule is CC(C)CN(CCCC(=O)O)c1c(N)n(CC(C)C)c(=O)[nH]c1=O. The summed E-state index contributed by atoms with van der Waals surface area (Å²) in [5.41, 5.74) is 5.31. The van der Waals surface area contributed by atoms with Gasteiger partial charge in [-0.05, 0) is 18.3 Å². The molecule has 8 heteroatoms. The molecule has 1 aromatic heterocycles. The maximum Gasteiger partial charge on any atom is 0.330 e. The Kier molecular flexibility index (Phi) is 7.06. The van der Waals surface area contributed by atoms with E-state index in [1.807, 2.05) is 27.7 Å². The van der Waals surface area contributed by atoms with Crippen LogP contribution in [0.5, 0.6) is 0 Å². The van der Waals surface area contributed by atoms with Gasteiger partial charge in [0, 0.05) is 26.1 Å². The van der Waals surface area contributed by atoms with E-state index in [1.165, 1.54) is 4.57 Å². The van der Waals surface area contributed by atoms with Gasteiger partial charge in [0.1, 0.15) is 11.5 Å². The molecule has 0 fully saturated rings. The van der Waals surface area contributed by atoms with Gasteiger partial charge in [-0.15, -0.1) is 0 Å². The zero-order chi connectivity index (χ0) is 18.4. The third-order valence-corrected chi connectivity index (χ3v) is 3.48. The molecule has 0 amide bonds. The summed E-state index contributed by atoms with van der Waals surface area (Å²) < 4.78 is 1.37. The fourth-order valence-corrected chi connectivity index (χ4v) is 2.59. The number of hydrogen-bond donors (Lipinski definition) is 3. The van der Waals surface area contributed by atoms with Crippen molar-refractivity contribution in [3.05, 3.63) is 20.8 Å². The molecule has 0 spiro atoms. The first kappa shape index (κ1) is 19.8. The maximum atomic E-state index is 12.3. The number of rotatable bonds is 9. The Morgan fingerprint density at radius 2 is 1.88 bits per heavy atom. The monoisotopic (exact) mass is 340 g/mol. The molecule has 1 rings (SSSR count). The van der Waals surface area contributed by atoms with Crippen LogP contribution >= 0.6 is 0 Å². The molecule has 1 aromatic rings. The summed E-state index contributed by atoms with van der Waals surface area (Å²) in [4.78, 5) is 39.2. The number of nitrogen functional groups attached to an aromatic ring is 1. The standard InChI is InChI=1S/C16H28N4O4/c1-10(2)8-19(7-5-6-12(21)22)13-14(17)20(9-11(3)4)16(24)18-15(13)23/h10-11H,5-9,17H2,1-4H3,(H,21,22)(H,18,23,24). The molecule has 0 aliphatic heterocycles. The van der Waals surface area contributed by atoms with E-state index in [0.717, 1.165) is 0 Å². The van der Waals surface area contributed by atoms with Gasteiger partial charge in [-0.1, -0.05) is 27.7 Å². The molecule has 24 heavy (non-hydrogen) atoms. The lowest BCUT2D eigenvalue weighted by Crippen LogP contribution is -2.40. The van der Waals surface area contributed by atoms with Gasteiger partial charge in [0.05, 0.1) is 0 Å². The number of hydrogen-bond acceptors (Lipinski definition) is 5. The van der Waals surface area contributed by atoms with Crippen molar-refractivity contribution in [2.45, 2.75) is 47.1 Å². The summed E-state index contributed by atoms with van der Waals surface area (Å²) in [5, 5.41) is 8.81. The quantitative estimate of drug-likeness (QED) is 0.619. The Bertz CT molecular complexity index is 676. The van der Waals surface area contributed by atoms with Crippen LogP contribution in [-0.4, -0.2) is 33.7 Å². The molecular weight excluding hydrogens is 312 g/mol. The Morgan fingerprint density at radius 1 is 1.25 bits per heavy atom. The average Bonchev–Trinajstić information content (AvgIpc) is 2.41. The fourth-order valence-electron chi connectivity index (χ4n) is 2.59. The van der Waals surface area contributed by atoms with Crippen LogP contribution in [-0.2, 0) is 11.3 Å². The number of carbonyl (C=O) groups is 1. The highest BCUT2D eigenvalue weighted by atomic mass is 16.4. The van der Waals surface area contributed by atoms with Crippen molar-refractivity contribution >= 4 is 17.5 Å². The van der Waals surface area contributed by atoms with E-state index < -0.39 is 17.2 Å². The lowest BCUT2D eigenvalue weighted by atomic mass is 10.1. The van der Waals surface area contributed by atoms with Crippen LogP contribution in [0.4, 0.5) is 11.5 Å². The van der Waals surface area contributed by atoms with Crippen LogP contribution in [0.15, 0.2) is 9.59 Å². The first-order valence-corrected chi connectivity index (χ1v) is 8.22. The zero-order valence-corrected chi connectivity index (χ0v) is 14.8. The number of carboxylic acid groups (broad SMARTS) is 1. The lowest BCUT2D eigenvalue weighted by molar-refractivity contribution is -0.137. The van der Waals surface area contributed by atoms with Crippen molar-refractivity contribution in [3.63, 3.8) is 0 Å². The highest BCUT2D eigenvalue weighted by molar-refractivity contribution is 5.67. The van der Waals surface area contributed by atoms with Crippen molar-refractivity contribution < 1.29 is 9.90 Å². The van der Waals surface area contributed by atoms with Crippen LogP contribution in [0.3, 0.4) is 0 Å². The minimum absolute atomic E-state index is 0.0119. The van der Waals surface area contributed by atoms with Gasteiger partial charge >= 0.3 is 11.7 Å². The molecule has 0 atom stereocenters. The van der Waals surface area contributed by atoms with Gasteiger partial charge in [0.15, 0.2) is 0 Å². The minimum Gasteiger partial charge on any atom is -0.481 e. The summed E-state index contributed by atoms with van der Waals surface area (Å²) in [6, 6.07) is 0. The Hall–Kier alpha value is -2.25. The molecule has 0 radical (unpaired) electrons. The average molecular weight is 340 g/mol. The summed E-state index contributed by atoms with van der Waals surface area (Å²) >= 11 is 0. The Morgan fingerprint density at radius 3 is 2.38 bits per heavy atom. The minimum atomic E-state index is -0.883. The molecule has 136 valence electrons. The highest BCUT2D eigenvalue weighted by Crippen LogP contribution is 2.19. The van der Waals surface area contributed by atoms with Crippen molar-refractivity contribution in [1.29, 1.82) is 0 Å². The first-order chi connectivity index (χ1) is 11.1. The largest absolute Gasteiger partial charge is 0.481 e. The molecule has 1 heterocycles. The highest BCUT2D eigenvalue weighted by Gasteiger charge is 2.20. The molecule has 0 aliphatic carbocycles. The summed E-state index contributed by atoms with van der Waals surface area (Å²) in [5.74, 6) is -0.312. The molecular formula is C16H28N4O4. The molecule has 0 aliphatic rings. The van der Waals surface area contributed by atoms with E-state index in [1.54, 1.807) is 4.90 Å². The van der Waals surface area contributed by atoms with Crippen LogP contribution in [0.25, 0.3) is 0 Å². The topological polar surface area (TPSA) is 121 Å². The second-order valence-corrected chi connectivity index (χ2v) is 6.83. The molecule has 0 saturated heterocycles. The summed E-state index contributed by atoms with van der Waals surface area (Å²) in [6.45, 7) is 9.24. The lowest BCUT2D eigenvalue weighted by Gasteiger charge is -2.28. The third kappa shape index (κ3) is 5.43. The van der Waals surface area contributed by atoms with Gasteiger partial charge in [-0.25, -0.2) is 4.79 Å². The van der Waals surface area contributed by atoms with Gasteiger partial charge in [0.25, 0.3) is 5.56 Å². The van der Waals surface area contributed by atoms with E-state index in [-0.39, 0.29) is 29.8 Å². The van der Waals surface area contributed by atoms with Crippen molar-refractivity contribution in [2.75, 3.05) is 23.7 Å². The number of nitrogens with one attached hydrogen (secondary N) is 1. The van der Waals surface area contributed by atoms with Crippen molar-refractivity contribution in [2.24, 2.45) is 11.8 Å². The second-order valence-electron chi connectivity index (χ2n) is 6.83. The summed E-state index contributed by atoms with van der Waals surface area (Å²) in [7, 11) is 0. The number of H-pyrrole nitrogens is 1. The number of carboxylic acids is 1. The van der Waals surface area contributed by atoms with Crippen LogP contribution in [0, 0.1) is 11.8 Å². The second kappa shape index (κ2) is 8.56. The smallest absolute Gasteiger partial charge is 0.330 e. The molecule has 0 bridgehead atoms. The molecule has 8 nitrogen and oxygen atoms in total. The van der Waals surface area contributed by atoms with Gasteiger partial charge < -0.3 is 15.7 Å². The van der Waals surface area contributed by atoms with E-state index in [4.69, 9.17) is 10.8 Å². The van der Waals surface area contributed by atoms with E-state index in [9.17, 15) is 14.4 Å². The number of nitrogens with zero attached hydrogens (tertiary/aromatic N) is 2. The predicted octanol–water partition coefficient (Wildman–Crippen LogP) is 1.10. The van der Waals surface area contributed by atoms with E-state index in [0.29, 0.717) is 26.1 Å². The van der Waals surface area contributed by atoms with Gasteiger partial charge in [0.2, 0.25) is 0 Å². The fraction of sp³-hybridized carbons (Fsp3) is 0.688. The number of aliphatic carboxylic acids is 1. The Labute approximate surface area is 141 Å². The van der Waals surface area contributed by atoms with Crippen LogP contribution < -0.4 is 21.9 Å². The van der Waals surface area contributed by atoms with Crippen LogP contribution in [0.1, 0.15) is 40.5 Å². The normalized spacial score (nSPS) is 11.2. The predicted molar refractivity (Wildman–Crippen MR) is 94.5 cm³/mol. The number of aromatic amines is 1. The van der Waals surface area contributed by atoms with E-state index in [2.05, 4.69) is 4.98 Å². The third-order valence-electron chi connectivity index (χ3n) is 3.48. The number of nitrogens with two attached hydrogens (primary N) is 1. The maximum absolute atomic E-state index is 12.3. The van der Waals surface area contributed by atoms with Crippen LogP contribution in [0.2, 0.25) is 0 Å². The number of anilines is 2. The summed E-state index contributed by atoms with van der Waals surface area (Å²) in [6.07, 6.45) is 0.405. The molecule has 4 N–H and O–H groups in total. The van der Waals surface area contributed by atoms with Crippen molar-refractivity contribution in [3.8, 4) is 0 Å². The molecule has 0 unspecified atom stereocenters. The molecule has 0 saturated carbocycles. The van der Waals surface area contributed by atoms with E-state index >= 15 is 0 Å².